The quantitative estimate of drug-likeness (QED) is 0.675. The second kappa shape index (κ2) is 3.55. The summed E-state index contributed by atoms with van der Waals surface area (Å²) in [6.45, 7) is 4.83. The highest BCUT2D eigenvalue weighted by Crippen LogP contribution is 2.35. The normalized spacial score (nSPS) is 18.9. The molecule has 0 spiro atoms. The highest BCUT2D eigenvalue weighted by Gasteiger charge is 2.23. The van der Waals surface area contributed by atoms with Gasteiger partial charge in [-0.05, 0) is 48.8 Å². The first-order chi connectivity index (χ1) is 7.38. The average molecular weight is 201 g/mol. The Kier molecular flexibility index (Phi) is 2.19. The Morgan fingerprint density at radius 1 is 1.07 bits per heavy atom. The molecule has 0 saturated carbocycles. The Bertz CT molecular complexity index is 350. The average Bonchev–Trinajstić information content (AvgIpc) is 2.29. The molecular weight excluding hydrogens is 182 g/mol. The Hall–Kier alpha value is -0.980. The van der Waals surface area contributed by atoms with Crippen molar-refractivity contribution in [3.8, 4) is 0 Å². The van der Waals surface area contributed by atoms with Gasteiger partial charge in [0.25, 0.3) is 0 Å². The molecule has 0 bridgehead atoms. The molecule has 0 aromatic heterocycles. The van der Waals surface area contributed by atoms with Gasteiger partial charge in [0, 0.05) is 18.8 Å². The van der Waals surface area contributed by atoms with Crippen LogP contribution in [0.2, 0.25) is 0 Å². The molecule has 80 valence electrons. The Labute approximate surface area is 92.1 Å². The molecule has 0 saturated heterocycles. The summed E-state index contributed by atoms with van der Waals surface area (Å²) in [5, 5.41) is 0. The van der Waals surface area contributed by atoms with E-state index in [4.69, 9.17) is 0 Å². The van der Waals surface area contributed by atoms with Crippen LogP contribution in [0.3, 0.4) is 0 Å². The van der Waals surface area contributed by atoms with Crippen LogP contribution >= 0.6 is 0 Å². The maximum absolute atomic E-state index is 2.61. The van der Waals surface area contributed by atoms with Crippen LogP contribution in [0.1, 0.15) is 36.5 Å². The van der Waals surface area contributed by atoms with Crippen LogP contribution in [-0.2, 0) is 19.3 Å². The third kappa shape index (κ3) is 1.45. The van der Waals surface area contributed by atoms with Crippen LogP contribution in [0.5, 0.6) is 0 Å². The summed E-state index contributed by atoms with van der Waals surface area (Å²) in [7, 11) is 0. The first-order valence-electron chi connectivity index (χ1n) is 6.28. The number of anilines is 1. The van der Waals surface area contributed by atoms with Gasteiger partial charge in [0.15, 0.2) is 0 Å². The van der Waals surface area contributed by atoms with Crippen LogP contribution < -0.4 is 4.90 Å². The van der Waals surface area contributed by atoms with Crippen molar-refractivity contribution < 1.29 is 0 Å². The van der Waals surface area contributed by atoms with E-state index in [1.807, 2.05) is 0 Å². The minimum atomic E-state index is 1.18. The fraction of sp³-hybridized carbons (Fsp3) is 0.571. The van der Waals surface area contributed by atoms with Gasteiger partial charge in [0.05, 0.1) is 0 Å². The molecule has 0 unspecified atom stereocenters. The molecule has 2 aliphatic heterocycles. The molecule has 1 aromatic rings. The SMILES string of the molecule is CCc1cc2c3c(c1)CCCN3CCC2. The summed E-state index contributed by atoms with van der Waals surface area (Å²) in [5.74, 6) is 0. The molecule has 15 heavy (non-hydrogen) atoms. The molecule has 1 nitrogen and oxygen atoms in total. The Morgan fingerprint density at radius 2 is 1.67 bits per heavy atom. The lowest BCUT2D eigenvalue weighted by atomic mass is 9.89. The Balaban J connectivity index is 2.15. The molecule has 0 fully saturated rings. The number of aryl methyl sites for hydroxylation is 3. The fourth-order valence-electron chi connectivity index (χ4n) is 3.08. The first kappa shape index (κ1) is 9.26. The standard InChI is InChI=1S/C14H19N/c1-2-11-9-12-5-3-7-15-8-4-6-13(10-11)14(12)15/h9-10H,2-8H2,1H3. The van der Waals surface area contributed by atoms with E-state index in [1.165, 1.54) is 50.8 Å². The fourth-order valence-corrected chi connectivity index (χ4v) is 3.08. The van der Waals surface area contributed by atoms with Gasteiger partial charge in [-0.2, -0.15) is 0 Å². The third-order valence-electron chi connectivity index (χ3n) is 3.80. The second-order valence-corrected chi connectivity index (χ2v) is 4.81. The van der Waals surface area contributed by atoms with E-state index >= 15 is 0 Å². The highest BCUT2D eigenvalue weighted by atomic mass is 15.1. The van der Waals surface area contributed by atoms with Gasteiger partial charge in [0.2, 0.25) is 0 Å². The van der Waals surface area contributed by atoms with Crippen LogP contribution in [0.4, 0.5) is 5.69 Å². The van der Waals surface area contributed by atoms with Gasteiger partial charge >= 0.3 is 0 Å². The zero-order valence-electron chi connectivity index (χ0n) is 9.55. The van der Waals surface area contributed by atoms with Crippen LogP contribution in [0.25, 0.3) is 0 Å². The summed E-state index contributed by atoms with van der Waals surface area (Å²) in [6, 6.07) is 4.88. The van der Waals surface area contributed by atoms with Crippen molar-refractivity contribution in [3.05, 3.63) is 28.8 Å². The molecule has 2 heterocycles. The topological polar surface area (TPSA) is 3.24 Å². The summed E-state index contributed by atoms with van der Waals surface area (Å²) in [6.07, 6.45) is 6.47. The molecule has 3 rings (SSSR count). The van der Waals surface area contributed by atoms with Gasteiger partial charge in [-0.3, -0.25) is 0 Å². The van der Waals surface area contributed by atoms with Gasteiger partial charge in [0.1, 0.15) is 0 Å². The van der Waals surface area contributed by atoms with Crippen molar-refractivity contribution >= 4 is 5.69 Å². The number of rotatable bonds is 1. The van der Waals surface area contributed by atoms with Crippen LogP contribution in [0, 0.1) is 0 Å². The predicted octanol–water partition coefficient (Wildman–Crippen LogP) is 2.95. The van der Waals surface area contributed by atoms with Crippen LogP contribution in [-0.4, -0.2) is 13.1 Å². The lowest BCUT2D eigenvalue weighted by molar-refractivity contribution is 0.633. The number of hydrogen-bond acceptors (Lipinski definition) is 1. The van der Waals surface area contributed by atoms with Crippen LogP contribution in [0.15, 0.2) is 12.1 Å². The van der Waals surface area contributed by atoms with Gasteiger partial charge in [-0.15, -0.1) is 0 Å². The van der Waals surface area contributed by atoms with E-state index in [0.717, 1.165) is 0 Å². The largest absolute Gasteiger partial charge is 0.371 e. The van der Waals surface area contributed by atoms with Gasteiger partial charge < -0.3 is 4.90 Å². The molecule has 0 amide bonds. The van der Waals surface area contributed by atoms with E-state index in [-0.39, 0.29) is 0 Å². The zero-order chi connectivity index (χ0) is 10.3. The maximum atomic E-state index is 2.61. The van der Waals surface area contributed by atoms with E-state index in [9.17, 15) is 0 Å². The van der Waals surface area contributed by atoms with E-state index < -0.39 is 0 Å². The van der Waals surface area contributed by atoms with E-state index in [2.05, 4.69) is 24.0 Å². The van der Waals surface area contributed by atoms with Crippen molar-refractivity contribution in [3.63, 3.8) is 0 Å². The van der Waals surface area contributed by atoms with Crippen molar-refractivity contribution in [2.75, 3.05) is 18.0 Å². The summed E-state index contributed by atoms with van der Waals surface area (Å²) >= 11 is 0. The van der Waals surface area contributed by atoms with E-state index in [1.54, 1.807) is 16.8 Å². The minimum Gasteiger partial charge on any atom is -0.371 e. The predicted molar refractivity (Wildman–Crippen MR) is 64.7 cm³/mol. The summed E-state index contributed by atoms with van der Waals surface area (Å²) in [5.41, 5.74) is 6.38. The van der Waals surface area contributed by atoms with E-state index in [0.29, 0.717) is 0 Å². The number of benzene rings is 1. The minimum absolute atomic E-state index is 1.18. The second-order valence-electron chi connectivity index (χ2n) is 4.81. The van der Waals surface area contributed by atoms with Gasteiger partial charge in [-0.1, -0.05) is 19.1 Å². The molecule has 0 radical (unpaired) electrons. The summed E-state index contributed by atoms with van der Waals surface area (Å²) in [4.78, 5) is 2.61. The molecule has 1 heteroatoms. The molecule has 2 aliphatic rings. The van der Waals surface area contributed by atoms with Crippen molar-refractivity contribution in [1.29, 1.82) is 0 Å². The smallest absolute Gasteiger partial charge is 0.0431 e. The highest BCUT2D eigenvalue weighted by molar-refractivity contribution is 5.64. The molecular formula is C14H19N. The number of nitrogens with zero attached hydrogens (tertiary/aromatic N) is 1. The number of hydrogen-bond donors (Lipinski definition) is 0. The lowest BCUT2D eigenvalue weighted by Gasteiger charge is -2.37. The first-order valence-corrected chi connectivity index (χ1v) is 6.28. The molecule has 0 aliphatic carbocycles. The van der Waals surface area contributed by atoms with Crippen molar-refractivity contribution in [2.24, 2.45) is 0 Å². The monoisotopic (exact) mass is 201 g/mol. The molecule has 0 atom stereocenters. The lowest BCUT2D eigenvalue weighted by Crippen LogP contribution is -2.34. The van der Waals surface area contributed by atoms with Crippen molar-refractivity contribution in [1.82, 2.24) is 0 Å². The third-order valence-corrected chi connectivity index (χ3v) is 3.80. The zero-order valence-corrected chi connectivity index (χ0v) is 9.55. The Morgan fingerprint density at radius 3 is 2.20 bits per heavy atom. The van der Waals surface area contributed by atoms with Gasteiger partial charge in [-0.25, -0.2) is 0 Å². The van der Waals surface area contributed by atoms with Crippen molar-refractivity contribution in [2.45, 2.75) is 39.0 Å². The maximum Gasteiger partial charge on any atom is 0.0431 e. The molecule has 0 N–H and O–H groups in total. The summed E-state index contributed by atoms with van der Waals surface area (Å²) < 4.78 is 0. The molecule has 1 aromatic carbocycles.